The molecular formula is C21H17NO4S2. The molecule has 28 heavy (non-hydrogen) atoms. The van der Waals surface area contributed by atoms with Gasteiger partial charge in [0.1, 0.15) is 11.5 Å². The van der Waals surface area contributed by atoms with E-state index in [1.165, 1.54) is 23.9 Å². The second-order valence-corrected chi connectivity index (χ2v) is 8.22. The molecule has 7 heteroatoms. The lowest BCUT2D eigenvalue weighted by Gasteiger charge is -2.21. The highest BCUT2D eigenvalue weighted by molar-refractivity contribution is 8.26. The molecule has 0 unspecified atom stereocenters. The molecule has 2 aromatic rings. The molecule has 1 aromatic heterocycles. The van der Waals surface area contributed by atoms with Crippen LogP contribution in [0.5, 0.6) is 0 Å². The first kappa shape index (κ1) is 18.7. The van der Waals surface area contributed by atoms with Gasteiger partial charge in [0.25, 0.3) is 5.91 Å². The molecule has 1 amide bonds. The minimum Gasteiger partial charge on any atom is -0.478 e. The van der Waals surface area contributed by atoms with E-state index in [0.717, 1.165) is 36.9 Å². The summed E-state index contributed by atoms with van der Waals surface area (Å²) in [7, 11) is 0. The molecule has 0 spiro atoms. The first-order valence-electron chi connectivity index (χ1n) is 8.93. The van der Waals surface area contributed by atoms with Crippen LogP contribution in [0.25, 0.3) is 17.4 Å². The largest absolute Gasteiger partial charge is 0.478 e. The van der Waals surface area contributed by atoms with E-state index in [4.69, 9.17) is 21.7 Å². The lowest BCUT2D eigenvalue weighted by molar-refractivity contribution is -0.121. The third kappa shape index (κ3) is 3.68. The van der Waals surface area contributed by atoms with Gasteiger partial charge in [-0.3, -0.25) is 9.69 Å². The van der Waals surface area contributed by atoms with Gasteiger partial charge in [0.2, 0.25) is 0 Å². The van der Waals surface area contributed by atoms with Crippen molar-refractivity contribution in [2.24, 2.45) is 0 Å². The normalized spacial score (nSPS) is 18.6. The van der Waals surface area contributed by atoms with Crippen LogP contribution in [0.4, 0.5) is 0 Å². The van der Waals surface area contributed by atoms with E-state index in [0.29, 0.717) is 20.7 Å². The number of nitrogens with zero attached hydrogens (tertiary/aromatic N) is 1. The van der Waals surface area contributed by atoms with E-state index in [9.17, 15) is 9.59 Å². The zero-order valence-electron chi connectivity index (χ0n) is 14.9. The second kappa shape index (κ2) is 7.77. The number of carbonyl (C=O) groups is 2. The summed E-state index contributed by atoms with van der Waals surface area (Å²) in [6, 6.07) is 10.0. The maximum absolute atomic E-state index is 12.8. The summed E-state index contributed by atoms with van der Waals surface area (Å²) < 4.78 is 6.39. The molecule has 4 rings (SSSR count). The van der Waals surface area contributed by atoms with Crippen LogP contribution in [0.15, 0.2) is 57.5 Å². The van der Waals surface area contributed by atoms with E-state index >= 15 is 0 Å². The predicted octanol–water partition coefficient (Wildman–Crippen LogP) is 5.30. The number of hydrogen-bond donors (Lipinski definition) is 1. The fourth-order valence-corrected chi connectivity index (χ4v) is 4.53. The molecule has 0 atom stereocenters. The molecule has 5 nitrogen and oxygen atoms in total. The molecule has 1 saturated heterocycles. The number of carboxylic acids is 1. The van der Waals surface area contributed by atoms with Gasteiger partial charge in [0.15, 0.2) is 4.32 Å². The van der Waals surface area contributed by atoms with E-state index in [1.54, 1.807) is 35.2 Å². The zero-order valence-corrected chi connectivity index (χ0v) is 16.5. The number of hydrogen-bond acceptors (Lipinski definition) is 5. The van der Waals surface area contributed by atoms with Gasteiger partial charge in [-0.1, -0.05) is 42.2 Å². The second-order valence-electron chi connectivity index (χ2n) is 6.54. The number of carboxylic acid groups (broad SMARTS) is 1. The molecule has 2 aliphatic rings. The molecule has 1 aromatic carbocycles. The fraction of sp³-hybridized carbons (Fsp3) is 0.190. The van der Waals surface area contributed by atoms with Crippen molar-refractivity contribution in [3.8, 4) is 11.3 Å². The lowest BCUT2D eigenvalue weighted by atomic mass is 10.0. The van der Waals surface area contributed by atoms with Crippen molar-refractivity contribution in [3.63, 3.8) is 0 Å². The van der Waals surface area contributed by atoms with E-state index in [2.05, 4.69) is 6.08 Å². The molecule has 1 fully saturated rings. The van der Waals surface area contributed by atoms with Crippen molar-refractivity contribution in [3.05, 3.63) is 64.4 Å². The Kier molecular flexibility index (Phi) is 5.19. The lowest BCUT2D eigenvalue weighted by Crippen LogP contribution is -2.28. The van der Waals surface area contributed by atoms with Crippen LogP contribution >= 0.6 is 24.0 Å². The third-order valence-electron chi connectivity index (χ3n) is 4.66. The molecular weight excluding hydrogens is 394 g/mol. The minimum absolute atomic E-state index is 0.105. The van der Waals surface area contributed by atoms with Crippen LogP contribution < -0.4 is 0 Å². The van der Waals surface area contributed by atoms with Crippen molar-refractivity contribution in [1.29, 1.82) is 0 Å². The molecule has 2 heterocycles. The van der Waals surface area contributed by atoms with Crippen molar-refractivity contribution in [2.75, 3.05) is 0 Å². The van der Waals surface area contributed by atoms with Gasteiger partial charge in [-0.25, -0.2) is 4.79 Å². The monoisotopic (exact) mass is 411 g/mol. The Hall–Kier alpha value is -2.64. The number of rotatable bonds is 4. The molecule has 1 aliphatic heterocycles. The minimum atomic E-state index is -0.971. The summed E-state index contributed by atoms with van der Waals surface area (Å²) in [6.07, 6.45) is 7.88. The number of thioether (sulfide) groups is 1. The first-order valence-corrected chi connectivity index (χ1v) is 10.2. The molecule has 0 radical (unpaired) electrons. The van der Waals surface area contributed by atoms with Gasteiger partial charge in [-0.15, -0.1) is 0 Å². The SMILES string of the molecule is O=C(O)c1ccc(-c2ccc(/C=C3\SC(=S)N(C4=CCCCC4)C3=O)o2)cc1. The Bertz CT molecular complexity index is 1020. The van der Waals surface area contributed by atoms with Crippen LogP contribution in [-0.2, 0) is 4.79 Å². The molecule has 0 saturated carbocycles. The fourth-order valence-electron chi connectivity index (χ4n) is 3.23. The van der Waals surface area contributed by atoms with Crippen LogP contribution in [-0.4, -0.2) is 26.2 Å². The standard InChI is InChI=1S/C21H17NO4S2/c23-19-18(28-21(27)22(19)15-4-2-1-3-5-15)12-16-10-11-17(26-16)13-6-8-14(9-7-13)20(24)25/h4,6-12H,1-3,5H2,(H,24,25)/b18-12-. The summed E-state index contributed by atoms with van der Waals surface area (Å²) >= 11 is 6.70. The Balaban J connectivity index is 1.55. The number of carbonyl (C=O) groups excluding carboxylic acids is 1. The Morgan fingerprint density at radius 3 is 2.64 bits per heavy atom. The van der Waals surface area contributed by atoms with Crippen molar-refractivity contribution < 1.29 is 19.1 Å². The molecule has 142 valence electrons. The van der Waals surface area contributed by atoms with Gasteiger partial charge in [-0.05, 0) is 49.9 Å². The van der Waals surface area contributed by atoms with Gasteiger partial charge in [0.05, 0.1) is 10.5 Å². The average molecular weight is 412 g/mol. The van der Waals surface area contributed by atoms with Gasteiger partial charge >= 0.3 is 5.97 Å². The van der Waals surface area contributed by atoms with Gasteiger partial charge in [0, 0.05) is 17.3 Å². The number of amides is 1. The van der Waals surface area contributed by atoms with Crippen molar-refractivity contribution >= 4 is 46.3 Å². The summed E-state index contributed by atoms with van der Waals surface area (Å²) in [5.41, 5.74) is 1.98. The van der Waals surface area contributed by atoms with Gasteiger partial charge < -0.3 is 9.52 Å². The average Bonchev–Trinajstić information content (AvgIpc) is 3.27. The van der Waals surface area contributed by atoms with Crippen molar-refractivity contribution in [2.45, 2.75) is 25.7 Å². The Labute approximate surface area is 171 Å². The number of benzene rings is 1. The van der Waals surface area contributed by atoms with Crippen LogP contribution in [0.3, 0.4) is 0 Å². The Morgan fingerprint density at radius 2 is 1.96 bits per heavy atom. The predicted molar refractivity (Wildman–Crippen MR) is 113 cm³/mol. The smallest absolute Gasteiger partial charge is 0.335 e. The van der Waals surface area contributed by atoms with E-state index in [1.807, 2.05) is 0 Å². The molecule has 1 aliphatic carbocycles. The highest BCUT2D eigenvalue weighted by Gasteiger charge is 2.34. The highest BCUT2D eigenvalue weighted by Crippen LogP contribution is 2.37. The summed E-state index contributed by atoms with van der Waals surface area (Å²) in [5, 5.41) is 8.99. The quantitative estimate of drug-likeness (QED) is 0.543. The van der Waals surface area contributed by atoms with Gasteiger partial charge in [-0.2, -0.15) is 0 Å². The Morgan fingerprint density at radius 1 is 1.18 bits per heavy atom. The number of furan rings is 1. The van der Waals surface area contributed by atoms with E-state index in [-0.39, 0.29) is 11.5 Å². The molecule has 0 bridgehead atoms. The summed E-state index contributed by atoms with van der Waals surface area (Å²) in [5.74, 6) is 0.0813. The summed E-state index contributed by atoms with van der Waals surface area (Å²) in [6.45, 7) is 0. The van der Waals surface area contributed by atoms with Crippen LogP contribution in [0.1, 0.15) is 41.8 Å². The number of aromatic carboxylic acids is 1. The molecule has 1 N–H and O–H groups in total. The topological polar surface area (TPSA) is 70.8 Å². The third-order valence-corrected chi connectivity index (χ3v) is 5.97. The van der Waals surface area contributed by atoms with Crippen molar-refractivity contribution in [1.82, 2.24) is 4.90 Å². The number of thiocarbonyl (C=S) groups is 1. The number of allylic oxidation sites excluding steroid dienone is 2. The van der Waals surface area contributed by atoms with E-state index < -0.39 is 5.97 Å². The maximum Gasteiger partial charge on any atom is 0.335 e. The summed E-state index contributed by atoms with van der Waals surface area (Å²) in [4.78, 5) is 25.9. The first-order chi connectivity index (χ1) is 13.5. The van der Waals surface area contributed by atoms with Crippen LogP contribution in [0.2, 0.25) is 0 Å². The highest BCUT2D eigenvalue weighted by atomic mass is 32.2. The zero-order chi connectivity index (χ0) is 19.7. The maximum atomic E-state index is 12.8. The van der Waals surface area contributed by atoms with Crippen LogP contribution in [0, 0.1) is 0 Å².